The number of ether oxygens (including phenoxy) is 1. The lowest BCUT2D eigenvalue weighted by atomic mass is 10.2. The van der Waals surface area contributed by atoms with Crippen LogP contribution in [0.4, 0.5) is 5.69 Å². The molecule has 10 heteroatoms. The predicted molar refractivity (Wildman–Crippen MR) is 114 cm³/mol. The zero-order valence-electron chi connectivity index (χ0n) is 16.3. The summed E-state index contributed by atoms with van der Waals surface area (Å²) < 4.78 is 34.2. The number of nitrogens with zero attached hydrogens (tertiary/aromatic N) is 3. The predicted octanol–water partition coefficient (Wildman–Crippen LogP) is 2.82. The maximum atomic E-state index is 13.1. The molecule has 1 fully saturated rings. The number of rotatable bonds is 5. The third-order valence-corrected chi connectivity index (χ3v) is 7.17. The van der Waals surface area contributed by atoms with Crippen LogP contribution in [0.15, 0.2) is 47.5 Å². The Bertz CT molecular complexity index is 1200. The van der Waals surface area contributed by atoms with Crippen LogP contribution in [0.5, 0.6) is 0 Å². The molecule has 3 aromatic rings. The molecule has 1 aliphatic rings. The first-order chi connectivity index (χ1) is 14.4. The summed E-state index contributed by atoms with van der Waals surface area (Å²) in [6, 6.07) is 9.78. The summed E-state index contributed by atoms with van der Waals surface area (Å²) in [6.45, 7) is 3.19. The fourth-order valence-electron chi connectivity index (χ4n) is 3.41. The summed E-state index contributed by atoms with van der Waals surface area (Å²) in [4.78, 5) is 17.6. The summed E-state index contributed by atoms with van der Waals surface area (Å²) in [5.41, 5.74) is 1.93. The third-order valence-electron chi connectivity index (χ3n) is 4.95. The summed E-state index contributed by atoms with van der Waals surface area (Å²) in [5.74, 6) is -0.409. The van der Waals surface area contributed by atoms with Crippen LogP contribution in [0.1, 0.15) is 23.1 Å². The molecule has 1 saturated heterocycles. The Morgan fingerprint density at radius 1 is 1.23 bits per heavy atom. The Hall–Kier alpha value is -2.46. The van der Waals surface area contributed by atoms with Gasteiger partial charge in [0, 0.05) is 19.3 Å². The number of fused-ring (bicyclic) bond motifs is 1. The normalized spacial score (nSPS) is 15.4. The number of carbonyl (C=O) groups excluding carboxylic acids is 1. The molecule has 0 radical (unpaired) electrons. The number of hydrogen-bond acceptors (Lipinski definition) is 5. The van der Waals surface area contributed by atoms with Crippen LogP contribution >= 0.6 is 11.6 Å². The fourth-order valence-corrected chi connectivity index (χ4v) is 5.01. The van der Waals surface area contributed by atoms with Crippen molar-refractivity contribution in [3.8, 4) is 0 Å². The van der Waals surface area contributed by atoms with E-state index in [9.17, 15) is 13.2 Å². The van der Waals surface area contributed by atoms with Crippen LogP contribution in [0.25, 0.3) is 5.65 Å². The molecule has 3 heterocycles. The van der Waals surface area contributed by atoms with Crippen molar-refractivity contribution in [3.63, 3.8) is 0 Å². The highest BCUT2D eigenvalue weighted by atomic mass is 35.5. The molecular formula is C20H21ClN4O4S. The smallest absolute Gasteiger partial charge is 0.274 e. The molecule has 1 aliphatic heterocycles. The number of morpholine rings is 1. The molecule has 8 nitrogen and oxygen atoms in total. The van der Waals surface area contributed by atoms with Gasteiger partial charge < -0.3 is 10.1 Å². The van der Waals surface area contributed by atoms with E-state index in [1.165, 1.54) is 22.5 Å². The Morgan fingerprint density at radius 3 is 2.73 bits per heavy atom. The first-order valence-electron chi connectivity index (χ1n) is 9.56. The Morgan fingerprint density at radius 2 is 2.00 bits per heavy atom. The average Bonchev–Trinajstić information content (AvgIpc) is 3.14. The SMILES string of the molecule is CCc1nc2ccccn2c1C(=O)Nc1cc(S(=O)(=O)N2CCOCC2)ccc1Cl. The van der Waals surface area contributed by atoms with E-state index in [1.807, 2.05) is 25.1 Å². The van der Waals surface area contributed by atoms with Crippen molar-refractivity contribution in [2.24, 2.45) is 0 Å². The molecule has 158 valence electrons. The van der Waals surface area contributed by atoms with Crippen molar-refractivity contribution < 1.29 is 17.9 Å². The quantitative estimate of drug-likeness (QED) is 0.647. The van der Waals surface area contributed by atoms with Crippen molar-refractivity contribution in [1.29, 1.82) is 0 Å². The van der Waals surface area contributed by atoms with Gasteiger partial charge in [-0.3, -0.25) is 9.20 Å². The number of carbonyl (C=O) groups is 1. The third kappa shape index (κ3) is 3.81. The Kier molecular flexibility index (Phi) is 5.79. The number of nitrogens with one attached hydrogen (secondary N) is 1. The molecule has 0 unspecified atom stereocenters. The average molecular weight is 449 g/mol. The van der Waals surface area contributed by atoms with Gasteiger partial charge in [-0.1, -0.05) is 24.6 Å². The summed E-state index contributed by atoms with van der Waals surface area (Å²) in [5, 5.41) is 3.00. The van der Waals surface area contributed by atoms with E-state index in [0.29, 0.717) is 36.7 Å². The minimum absolute atomic E-state index is 0.0676. The van der Waals surface area contributed by atoms with Gasteiger partial charge in [0.15, 0.2) is 0 Å². The number of amides is 1. The number of anilines is 1. The summed E-state index contributed by atoms with van der Waals surface area (Å²) in [6.07, 6.45) is 2.33. The van der Waals surface area contributed by atoms with Gasteiger partial charge in [-0.15, -0.1) is 0 Å². The Balaban J connectivity index is 1.67. The van der Waals surface area contributed by atoms with Gasteiger partial charge in [0.25, 0.3) is 5.91 Å². The molecule has 0 atom stereocenters. The number of imidazole rings is 1. The van der Waals surface area contributed by atoms with Crippen molar-refractivity contribution in [2.45, 2.75) is 18.2 Å². The molecule has 0 spiro atoms. The van der Waals surface area contributed by atoms with Gasteiger partial charge in [-0.2, -0.15) is 4.31 Å². The topological polar surface area (TPSA) is 93.0 Å². The number of sulfonamides is 1. The second-order valence-corrected chi connectivity index (χ2v) is 9.15. The zero-order valence-corrected chi connectivity index (χ0v) is 17.9. The van der Waals surface area contributed by atoms with Crippen molar-refractivity contribution >= 4 is 38.9 Å². The van der Waals surface area contributed by atoms with E-state index < -0.39 is 15.9 Å². The highest BCUT2D eigenvalue weighted by Gasteiger charge is 2.27. The van der Waals surface area contributed by atoms with E-state index in [4.69, 9.17) is 16.3 Å². The number of hydrogen-bond donors (Lipinski definition) is 1. The molecular weight excluding hydrogens is 428 g/mol. The van der Waals surface area contributed by atoms with Crippen molar-refractivity contribution in [3.05, 3.63) is 59.0 Å². The summed E-state index contributed by atoms with van der Waals surface area (Å²) in [7, 11) is -3.71. The highest BCUT2D eigenvalue weighted by Crippen LogP contribution is 2.28. The first-order valence-corrected chi connectivity index (χ1v) is 11.4. The first kappa shape index (κ1) is 20.8. The highest BCUT2D eigenvalue weighted by molar-refractivity contribution is 7.89. The van der Waals surface area contributed by atoms with Gasteiger partial charge in [-0.25, -0.2) is 13.4 Å². The number of benzene rings is 1. The van der Waals surface area contributed by atoms with Crippen LogP contribution in [-0.2, 0) is 21.2 Å². The van der Waals surface area contributed by atoms with Gasteiger partial charge in [0.1, 0.15) is 11.3 Å². The molecule has 1 aromatic carbocycles. The number of halogens is 1. The molecule has 4 rings (SSSR count). The maximum absolute atomic E-state index is 13.1. The largest absolute Gasteiger partial charge is 0.379 e. The van der Waals surface area contributed by atoms with Crippen LogP contribution < -0.4 is 5.32 Å². The molecule has 2 aromatic heterocycles. The second-order valence-electron chi connectivity index (χ2n) is 6.80. The van der Waals surface area contributed by atoms with Gasteiger partial charge in [0.2, 0.25) is 10.0 Å². The zero-order chi connectivity index (χ0) is 21.3. The van der Waals surface area contributed by atoms with Crippen LogP contribution in [0.2, 0.25) is 5.02 Å². The van der Waals surface area contributed by atoms with E-state index in [-0.39, 0.29) is 28.7 Å². The van der Waals surface area contributed by atoms with E-state index in [2.05, 4.69) is 10.3 Å². The fraction of sp³-hybridized carbons (Fsp3) is 0.300. The lowest BCUT2D eigenvalue weighted by Gasteiger charge is -2.26. The standard InChI is InChI=1S/C20H21ClN4O4S/c1-2-16-19(25-8-4-3-5-18(25)22-16)20(26)23-17-13-14(6-7-15(17)21)30(27,28)24-9-11-29-12-10-24/h3-8,13H,2,9-12H2,1H3,(H,23,26). The molecule has 0 aliphatic carbocycles. The van der Waals surface area contributed by atoms with Gasteiger partial charge >= 0.3 is 0 Å². The molecule has 1 N–H and O–H groups in total. The van der Waals surface area contributed by atoms with Crippen molar-refractivity contribution in [2.75, 3.05) is 31.6 Å². The van der Waals surface area contributed by atoms with Crippen molar-refractivity contribution in [1.82, 2.24) is 13.7 Å². The van der Waals surface area contributed by atoms with Gasteiger partial charge in [-0.05, 0) is 36.8 Å². The molecule has 1 amide bonds. The lowest BCUT2D eigenvalue weighted by molar-refractivity contribution is 0.0730. The molecule has 30 heavy (non-hydrogen) atoms. The lowest BCUT2D eigenvalue weighted by Crippen LogP contribution is -2.40. The van der Waals surface area contributed by atoms with Crippen LogP contribution in [0.3, 0.4) is 0 Å². The monoisotopic (exact) mass is 448 g/mol. The molecule has 0 bridgehead atoms. The van der Waals surface area contributed by atoms with Crippen LogP contribution in [0, 0.1) is 0 Å². The van der Waals surface area contributed by atoms with Crippen LogP contribution in [-0.4, -0.2) is 54.3 Å². The number of aryl methyl sites for hydroxylation is 1. The van der Waals surface area contributed by atoms with Gasteiger partial charge in [0.05, 0.1) is 34.5 Å². The second kappa shape index (κ2) is 8.35. The maximum Gasteiger partial charge on any atom is 0.274 e. The van der Waals surface area contributed by atoms with E-state index in [1.54, 1.807) is 10.6 Å². The minimum Gasteiger partial charge on any atom is -0.379 e. The summed E-state index contributed by atoms with van der Waals surface area (Å²) >= 11 is 6.26. The Labute approximate surface area is 179 Å². The molecule has 0 saturated carbocycles. The van der Waals surface area contributed by atoms with E-state index >= 15 is 0 Å². The number of aromatic nitrogens is 2. The number of pyridine rings is 1. The minimum atomic E-state index is -3.71. The van der Waals surface area contributed by atoms with E-state index in [0.717, 1.165) is 0 Å².